The van der Waals surface area contributed by atoms with Crippen LogP contribution >= 0.6 is 0 Å². The van der Waals surface area contributed by atoms with Crippen molar-refractivity contribution in [3.05, 3.63) is 65.7 Å². The standard InChI is InChI=1S/C16H16N2O/c1-2-16(18-17)14-9-6-10-15(11-14)19-12-13-7-4-3-5-8-13/h1,3-11,16,18H,12,17H2. The number of benzene rings is 2. The van der Waals surface area contributed by atoms with Crippen LogP contribution in [0.3, 0.4) is 0 Å². The molecule has 0 radical (unpaired) electrons. The Bertz CT molecular complexity index is 560. The fraction of sp³-hybridized carbons (Fsp3) is 0.125. The number of hydrogen-bond acceptors (Lipinski definition) is 3. The summed E-state index contributed by atoms with van der Waals surface area (Å²) in [5, 5.41) is 0. The number of ether oxygens (including phenoxy) is 1. The third kappa shape index (κ3) is 3.59. The van der Waals surface area contributed by atoms with Crippen LogP contribution in [-0.2, 0) is 6.61 Å². The average molecular weight is 252 g/mol. The van der Waals surface area contributed by atoms with Crippen molar-refractivity contribution in [3.8, 4) is 18.1 Å². The molecule has 2 aromatic rings. The Balaban J connectivity index is 2.05. The summed E-state index contributed by atoms with van der Waals surface area (Å²) in [5.74, 6) is 8.75. The Labute approximate surface area is 113 Å². The van der Waals surface area contributed by atoms with E-state index in [0.29, 0.717) is 6.61 Å². The van der Waals surface area contributed by atoms with Crippen LogP contribution in [0.5, 0.6) is 5.75 Å². The molecule has 0 aliphatic carbocycles. The molecule has 0 bridgehead atoms. The molecule has 3 heteroatoms. The molecule has 0 fully saturated rings. The van der Waals surface area contributed by atoms with Crippen molar-refractivity contribution in [2.45, 2.75) is 12.6 Å². The summed E-state index contributed by atoms with van der Waals surface area (Å²) in [5.41, 5.74) is 4.61. The highest BCUT2D eigenvalue weighted by Crippen LogP contribution is 2.19. The normalized spacial score (nSPS) is 11.6. The molecule has 0 amide bonds. The molecule has 1 atom stereocenters. The first-order valence-corrected chi connectivity index (χ1v) is 6.02. The predicted molar refractivity (Wildman–Crippen MR) is 76.1 cm³/mol. The summed E-state index contributed by atoms with van der Waals surface area (Å²) in [7, 11) is 0. The predicted octanol–water partition coefficient (Wildman–Crippen LogP) is 2.40. The average Bonchev–Trinajstić information content (AvgIpc) is 2.48. The van der Waals surface area contributed by atoms with Gasteiger partial charge in [-0.3, -0.25) is 5.84 Å². The number of nitrogens with two attached hydrogens (primary N) is 1. The smallest absolute Gasteiger partial charge is 0.120 e. The van der Waals surface area contributed by atoms with E-state index in [-0.39, 0.29) is 6.04 Å². The summed E-state index contributed by atoms with van der Waals surface area (Å²) in [6.07, 6.45) is 5.40. The Morgan fingerprint density at radius 3 is 2.63 bits per heavy atom. The van der Waals surface area contributed by atoms with Gasteiger partial charge in [0, 0.05) is 0 Å². The second-order valence-electron chi connectivity index (χ2n) is 4.11. The number of hydrazine groups is 1. The Kier molecular flexibility index (Phi) is 4.57. The van der Waals surface area contributed by atoms with Crippen LogP contribution in [0.2, 0.25) is 0 Å². The molecule has 1 unspecified atom stereocenters. The van der Waals surface area contributed by atoms with E-state index < -0.39 is 0 Å². The van der Waals surface area contributed by atoms with Crippen LogP contribution in [-0.4, -0.2) is 0 Å². The van der Waals surface area contributed by atoms with Crippen molar-refractivity contribution in [1.82, 2.24) is 5.43 Å². The van der Waals surface area contributed by atoms with Gasteiger partial charge in [-0.2, -0.15) is 0 Å². The molecule has 0 aromatic heterocycles. The monoisotopic (exact) mass is 252 g/mol. The maximum Gasteiger partial charge on any atom is 0.120 e. The molecule has 2 aromatic carbocycles. The van der Waals surface area contributed by atoms with Gasteiger partial charge in [0.15, 0.2) is 0 Å². The first-order chi connectivity index (χ1) is 9.33. The minimum Gasteiger partial charge on any atom is -0.489 e. The quantitative estimate of drug-likeness (QED) is 0.488. The van der Waals surface area contributed by atoms with E-state index in [1.54, 1.807) is 0 Å². The summed E-state index contributed by atoms with van der Waals surface area (Å²) in [6, 6.07) is 17.3. The lowest BCUT2D eigenvalue weighted by molar-refractivity contribution is 0.305. The first-order valence-electron chi connectivity index (χ1n) is 6.02. The van der Waals surface area contributed by atoms with Crippen molar-refractivity contribution in [3.63, 3.8) is 0 Å². The van der Waals surface area contributed by atoms with Crippen LogP contribution in [0.1, 0.15) is 17.2 Å². The highest BCUT2D eigenvalue weighted by molar-refractivity contribution is 5.34. The third-order valence-electron chi connectivity index (χ3n) is 2.77. The van der Waals surface area contributed by atoms with Crippen LogP contribution in [0.25, 0.3) is 0 Å². The third-order valence-corrected chi connectivity index (χ3v) is 2.77. The van der Waals surface area contributed by atoms with E-state index in [0.717, 1.165) is 16.9 Å². The van der Waals surface area contributed by atoms with Crippen LogP contribution in [0, 0.1) is 12.3 Å². The van der Waals surface area contributed by atoms with Gasteiger partial charge in [0.2, 0.25) is 0 Å². The van der Waals surface area contributed by atoms with Gasteiger partial charge in [-0.05, 0) is 23.3 Å². The van der Waals surface area contributed by atoms with Crippen LogP contribution in [0.15, 0.2) is 54.6 Å². The Morgan fingerprint density at radius 2 is 1.95 bits per heavy atom. The van der Waals surface area contributed by atoms with Gasteiger partial charge in [-0.15, -0.1) is 6.42 Å². The van der Waals surface area contributed by atoms with Gasteiger partial charge < -0.3 is 4.74 Å². The van der Waals surface area contributed by atoms with Crippen LogP contribution in [0.4, 0.5) is 0 Å². The van der Waals surface area contributed by atoms with E-state index >= 15 is 0 Å². The van der Waals surface area contributed by atoms with Gasteiger partial charge in [0.05, 0.1) is 0 Å². The van der Waals surface area contributed by atoms with Crippen molar-refractivity contribution in [2.75, 3.05) is 0 Å². The fourth-order valence-electron chi connectivity index (χ4n) is 1.77. The molecule has 0 spiro atoms. The second kappa shape index (κ2) is 6.60. The zero-order valence-electron chi connectivity index (χ0n) is 10.5. The molecule has 0 aliphatic heterocycles. The molecule has 0 heterocycles. The minimum atomic E-state index is -0.305. The number of rotatable bonds is 5. The molecule has 0 saturated heterocycles. The number of nitrogens with one attached hydrogen (secondary N) is 1. The van der Waals surface area contributed by atoms with Crippen LogP contribution < -0.4 is 16.0 Å². The summed E-state index contributed by atoms with van der Waals surface area (Å²) in [4.78, 5) is 0. The molecule has 0 aliphatic rings. The summed E-state index contributed by atoms with van der Waals surface area (Å²) >= 11 is 0. The molecule has 96 valence electrons. The van der Waals surface area contributed by atoms with E-state index in [1.807, 2.05) is 54.6 Å². The van der Waals surface area contributed by atoms with E-state index in [9.17, 15) is 0 Å². The number of terminal acetylenes is 1. The zero-order chi connectivity index (χ0) is 13.5. The fourth-order valence-corrected chi connectivity index (χ4v) is 1.77. The minimum absolute atomic E-state index is 0.305. The Hall–Kier alpha value is -2.28. The molecular formula is C16H16N2O. The van der Waals surface area contributed by atoms with E-state index in [2.05, 4.69) is 11.3 Å². The lowest BCUT2D eigenvalue weighted by atomic mass is 10.1. The number of hydrogen-bond donors (Lipinski definition) is 2. The molecule has 19 heavy (non-hydrogen) atoms. The molecule has 3 N–H and O–H groups in total. The van der Waals surface area contributed by atoms with Gasteiger partial charge in [0.25, 0.3) is 0 Å². The van der Waals surface area contributed by atoms with E-state index in [4.69, 9.17) is 17.0 Å². The second-order valence-corrected chi connectivity index (χ2v) is 4.11. The molecular weight excluding hydrogens is 236 g/mol. The topological polar surface area (TPSA) is 47.3 Å². The lowest BCUT2D eigenvalue weighted by Crippen LogP contribution is -2.26. The SMILES string of the molecule is C#CC(NN)c1cccc(OCc2ccccc2)c1. The van der Waals surface area contributed by atoms with Crippen molar-refractivity contribution in [1.29, 1.82) is 0 Å². The largest absolute Gasteiger partial charge is 0.489 e. The first kappa shape index (κ1) is 13.2. The Morgan fingerprint density at radius 1 is 1.16 bits per heavy atom. The molecule has 0 saturated carbocycles. The molecule has 3 nitrogen and oxygen atoms in total. The zero-order valence-corrected chi connectivity index (χ0v) is 10.5. The summed E-state index contributed by atoms with van der Waals surface area (Å²) in [6.45, 7) is 0.529. The van der Waals surface area contributed by atoms with Gasteiger partial charge in [-0.1, -0.05) is 48.4 Å². The van der Waals surface area contributed by atoms with E-state index in [1.165, 1.54) is 0 Å². The highest BCUT2D eigenvalue weighted by atomic mass is 16.5. The summed E-state index contributed by atoms with van der Waals surface area (Å²) < 4.78 is 5.73. The van der Waals surface area contributed by atoms with Gasteiger partial charge in [0.1, 0.15) is 18.4 Å². The van der Waals surface area contributed by atoms with Gasteiger partial charge in [-0.25, -0.2) is 5.43 Å². The lowest BCUT2D eigenvalue weighted by Gasteiger charge is -2.12. The van der Waals surface area contributed by atoms with Crippen molar-refractivity contribution >= 4 is 0 Å². The maximum atomic E-state index is 5.73. The maximum absolute atomic E-state index is 5.73. The van der Waals surface area contributed by atoms with Gasteiger partial charge >= 0.3 is 0 Å². The molecule has 2 rings (SSSR count). The highest BCUT2D eigenvalue weighted by Gasteiger charge is 2.06. The van der Waals surface area contributed by atoms with Crippen molar-refractivity contribution in [2.24, 2.45) is 5.84 Å². The van der Waals surface area contributed by atoms with Crippen molar-refractivity contribution < 1.29 is 4.74 Å².